The highest BCUT2D eigenvalue weighted by molar-refractivity contribution is 7.79. The first-order chi connectivity index (χ1) is 6.22. The molecular formula is C10H14S3. The third-order valence-electron chi connectivity index (χ3n) is 2.21. The topological polar surface area (TPSA) is 0 Å². The summed E-state index contributed by atoms with van der Waals surface area (Å²) in [5, 5.41) is 0. The van der Waals surface area contributed by atoms with Crippen LogP contribution < -0.4 is 0 Å². The third kappa shape index (κ3) is 2.61. The quantitative estimate of drug-likeness (QED) is 0.652. The summed E-state index contributed by atoms with van der Waals surface area (Å²) in [7, 11) is 0. The number of benzene rings is 1. The predicted molar refractivity (Wildman–Crippen MR) is 69.2 cm³/mol. The van der Waals surface area contributed by atoms with Crippen LogP contribution >= 0.6 is 37.9 Å². The highest BCUT2D eigenvalue weighted by Gasteiger charge is 2.04. The van der Waals surface area contributed by atoms with Crippen LogP contribution in [0.25, 0.3) is 0 Å². The molecule has 1 aromatic rings. The molecule has 0 aromatic heterocycles. The Morgan fingerprint density at radius 2 is 1.38 bits per heavy atom. The van der Waals surface area contributed by atoms with Gasteiger partial charge in [-0.25, -0.2) is 0 Å². The first-order valence-electron chi connectivity index (χ1n) is 4.16. The average Bonchev–Trinajstić information content (AvgIpc) is 2.18. The maximum absolute atomic E-state index is 4.30. The Morgan fingerprint density at radius 3 is 1.69 bits per heavy atom. The zero-order valence-corrected chi connectivity index (χ0v) is 10.3. The number of thiol groups is 3. The van der Waals surface area contributed by atoms with Gasteiger partial charge in [-0.15, -0.1) is 0 Å². The molecule has 0 saturated carbocycles. The van der Waals surface area contributed by atoms with E-state index < -0.39 is 0 Å². The molecule has 0 heterocycles. The maximum atomic E-state index is 4.30. The van der Waals surface area contributed by atoms with E-state index in [1.54, 1.807) is 0 Å². The van der Waals surface area contributed by atoms with Crippen LogP contribution in [0, 0.1) is 6.92 Å². The van der Waals surface area contributed by atoms with E-state index in [9.17, 15) is 0 Å². The van der Waals surface area contributed by atoms with Crippen molar-refractivity contribution in [3.8, 4) is 0 Å². The van der Waals surface area contributed by atoms with Crippen molar-refractivity contribution in [3.63, 3.8) is 0 Å². The van der Waals surface area contributed by atoms with E-state index in [0.717, 1.165) is 17.3 Å². The summed E-state index contributed by atoms with van der Waals surface area (Å²) in [4.78, 5) is 0. The summed E-state index contributed by atoms with van der Waals surface area (Å²) in [6, 6.07) is 4.34. The molecule has 1 rings (SSSR count). The molecular weight excluding hydrogens is 216 g/mol. The molecule has 1 aromatic carbocycles. The van der Waals surface area contributed by atoms with Crippen molar-refractivity contribution in [2.75, 3.05) is 0 Å². The molecule has 0 N–H and O–H groups in total. The van der Waals surface area contributed by atoms with Gasteiger partial charge in [-0.05, 0) is 29.2 Å². The molecule has 0 spiro atoms. The van der Waals surface area contributed by atoms with Crippen LogP contribution in [0.1, 0.15) is 22.3 Å². The summed E-state index contributed by atoms with van der Waals surface area (Å²) in [5.41, 5.74) is 5.15. The van der Waals surface area contributed by atoms with E-state index in [1.165, 1.54) is 22.3 Å². The highest BCUT2D eigenvalue weighted by Crippen LogP contribution is 2.21. The van der Waals surface area contributed by atoms with Gasteiger partial charge in [0.25, 0.3) is 0 Å². The fourth-order valence-corrected chi connectivity index (χ4v) is 2.17. The molecule has 0 aliphatic carbocycles. The Bertz CT molecular complexity index is 269. The second-order valence-corrected chi connectivity index (χ2v) is 3.96. The van der Waals surface area contributed by atoms with E-state index in [4.69, 9.17) is 0 Å². The fraction of sp³-hybridized carbons (Fsp3) is 0.400. The molecule has 0 atom stereocenters. The lowest BCUT2D eigenvalue weighted by Gasteiger charge is -2.10. The Balaban J connectivity index is 3.20. The lowest BCUT2D eigenvalue weighted by Crippen LogP contribution is -1.94. The summed E-state index contributed by atoms with van der Waals surface area (Å²) >= 11 is 12.9. The first kappa shape index (κ1) is 11.3. The van der Waals surface area contributed by atoms with Crippen LogP contribution in [0.3, 0.4) is 0 Å². The van der Waals surface area contributed by atoms with Crippen molar-refractivity contribution in [2.24, 2.45) is 0 Å². The van der Waals surface area contributed by atoms with E-state index in [-0.39, 0.29) is 0 Å². The molecule has 0 nitrogen and oxygen atoms in total. The molecule has 0 radical (unpaired) electrons. The van der Waals surface area contributed by atoms with Crippen molar-refractivity contribution in [1.29, 1.82) is 0 Å². The Labute approximate surface area is 96.4 Å². The van der Waals surface area contributed by atoms with E-state index >= 15 is 0 Å². The Kier molecular flexibility index (Phi) is 4.56. The zero-order chi connectivity index (χ0) is 9.84. The van der Waals surface area contributed by atoms with Gasteiger partial charge in [0.2, 0.25) is 0 Å². The summed E-state index contributed by atoms with van der Waals surface area (Å²) in [6.07, 6.45) is 0. The molecule has 72 valence electrons. The summed E-state index contributed by atoms with van der Waals surface area (Å²) in [6.45, 7) is 2.12. The minimum absolute atomic E-state index is 0.780. The number of hydrogen-bond donors (Lipinski definition) is 3. The van der Waals surface area contributed by atoms with Crippen LogP contribution in [-0.2, 0) is 17.3 Å². The van der Waals surface area contributed by atoms with E-state index in [0.29, 0.717) is 0 Å². The second kappa shape index (κ2) is 5.23. The van der Waals surface area contributed by atoms with E-state index in [1.807, 2.05) is 0 Å². The Hall–Kier alpha value is 0.270. The monoisotopic (exact) mass is 230 g/mol. The molecule has 0 amide bonds. The van der Waals surface area contributed by atoms with Crippen LogP contribution in [0.5, 0.6) is 0 Å². The van der Waals surface area contributed by atoms with Gasteiger partial charge in [-0.1, -0.05) is 12.1 Å². The molecule has 0 saturated heterocycles. The summed E-state index contributed by atoms with van der Waals surface area (Å²) < 4.78 is 0. The SMILES string of the molecule is Cc1c(CS)cc(CS)cc1CS. The van der Waals surface area contributed by atoms with Crippen molar-refractivity contribution in [1.82, 2.24) is 0 Å². The number of hydrogen-bond acceptors (Lipinski definition) is 3. The molecule has 0 unspecified atom stereocenters. The van der Waals surface area contributed by atoms with E-state index in [2.05, 4.69) is 56.9 Å². The van der Waals surface area contributed by atoms with Crippen molar-refractivity contribution >= 4 is 37.9 Å². The summed E-state index contributed by atoms with van der Waals surface area (Å²) in [5.74, 6) is 2.35. The molecule has 13 heavy (non-hydrogen) atoms. The lowest BCUT2D eigenvalue weighted by molar-refractivity contribution is 1.20. The van der Waals surface area contributed by atoms with Gasteiger partial charge in [0.15, 0.2) is 0 Å². The molecule has 3 heteroatoms. The van der Waals surface area contributed by atoms with Crippen molar-refractivity contribution < 1.29 is 0 Å². The predicted octanol–water partition coefficient (Wildman–Crippen LogP) is 3.28. The van der Waals surface area contributed by atoms with Gasteiger partial charge in [0, 0.05) is 17.3 Å². The molecule has 0 bridgehead atoms. The third-order valence-corrected chi connectivity index (χ3v) is 3.25. The van der Waals surface area contributed by atoms with Gasteiger partial charge in [0.05, 0.1) is 0 Å². The highest BCUT2D eigenvalue weighted by atomic mass is 32.1. The maximum Gasteiger partial charge on any atom is 0.0157 e. The fourth-order valence-electron chi connectivity index (χ4n) is 1.33. The second-order valence-electron chi connectivity index (χ2n) is 3.01. The molecule has 0 aliphatic heterocycles. The van der Waals surface area contributed by atoms with Gasteiger partial charge in [-0.3, -0.25) is 0 Å². The standard InChI is InChI=1S/C10H14S3/c1-7-9(5-12)2-8(4-11)3-10(7)6-13/h2-3,11-13H,4-6H2,1H3. The van der Waals surface area contributed by atoms with Crippen LogP contribution in [0.15, 0.2) is 12.1 Å². The van der Waals surface area contributed by atoms with Gasteiger partial charge < -0.3 is 0 Å². The van der Waals surface area contributed by atoms with Gasteiger partial charge >= 0.3 is 0 Å². The van der Waals surface area contributed by atoms with Gasteiger partial charge in [0.1, 0.15) is 0 Å². The minimum Gasteiger partial charge on any atom is -0.175 e. The van der Waals surface area contributed by atoms with Crippen molar-refractivity contribution in [2.45, 2.75) is 24.2 Å². The van der Waals surface area contributed by atoms with Crippen LogP contribution in [0.2, 0.25) is 0 Å². The Morgan fingerprint density at radius 1 is 0.923 bits per heavy atom. The first-order valence-corrected chi connectivity index (χ1v) is 6.06. The van der Waals surface area contributed by atoms with Crippen LogP contribution in [-0.4, -0.2) is 0 Å². The average molecular weight is 230 g/mol. The normalized spacial score (nSPS) is 10.5. The largest absolute Gasteiger partial charge is 0.175 e. The van der Waals surface area contributed by atoms with Crippen molar-refractivity contribution in [3.05, 3.63) is 34.4 Å². The number of rotatable bonds is 3. The lowest BCUT2D eigenvalue weighted by atomic mass is 10.0. The molecule has 0 aliphatic rings. The minimum atomic E-state index is 0.780. The molecule has 0 fully saturated rings. The zero-order valence-electron chi connectivity index (χ0n) is 7.62. The smallest absolute Gasteiger partial charge is 0.0157 e. The van der Waals surface area contributed by atoms with Gasteiger partial charge in [-0.2, -0.15) is 37.9 Å². The van der Waals surface area contributed by atoms with Crippen LogP contribution in [0.4, 0.5) is 0 Å².